The highest BCUT2D eigenvalue weighted by Gasteiger charge is 2.38. The van der Waals surface area contributed by atoms with Crippen LogP contribution in [0.2, 0.25) is 0 Å². The summed E-state index contributed by atoms with van der Waals surface area (Å²) in [5.41, 5.74) is 3.46. The molecule has 5 heteroatoms. The summed E-state index contributed by atoms with van der Waals surface area (Å²) >= 11 is 0. The fourth-order valence-electron chi connectivity index (χ4n) is 4.14. The van der Waals surface area contributed by atoms with Gasteiger partial charge in [0.1, 0.15) is 5.54 Å². The van der Waals surface area contributed by atoms with Crippen molar-refractivity contribution in [2.24, 2.45) is 0 Å². The molecule has 1 aromatic heterocycles. The van der Waals surface area contributed by atoms with Gasteiger partial charge in [-0.3, -0.25) is 0 Å². The monoisotopic (exact) mass is 440 g/mol. The van der Waals surface area contributed by atoms with E-state index in [2.05, 4.69) is 82.3 Å². The highest BCUT2D eigenvalue weighted by atomic mass is 16.6. The van der Waals surface area contributed by atoms with E-state index < -0.39 is 11.6 Å². The van der Waals surface area contributed by atoms with Gasteiger partial charge < -0.3 is 14.0 Å². The molecule has 0 bridgehead atoms. The molecule has 5 nitrogen and oxygen atoms in total. The highest BCUT2D eigenvalue weighted by Crippen LogP contribution is 2.40. The van der Waals surface area contributed by atoms with E-state index in [1.54, 1.807) is 13.8 Å². The summed E-state index contributed by atoms with van der Waals surface area (Å²) in [6, 6.07) is 31.2. The number of benzene rings is 3. The van der Waals surface area contributed by atoms with Gasteiger partial charge in [-0.25, -0.2) is 9.78 Å². The molecule has 1 unspecified atom stereocenters. The van der Waals surface area contributed by atoms with Gasteiger partial charge in [0, 0.05) is 6.20 Å². The first-order valence-electron chi connectivity index (χ1n) is 11.1. The number of aromatic nitrogens is 2. The molecule has 0 fully saturated rings. The van der Waals surface area contributed by atoms with E-state index in [1.165, 1.54) is 0 Å². The van der Waals surface area contributed by atoms with E-state index >= 15 is 0 Å². The highest BCUT2D eigenvalue weighted by molar-refractivity contribution is 5.74. The van der Waals surface area contributed by atoms with Gasteiger partial charge in [-0.05, 0) is 30.5 Å². The molecule has 3 aromatic carbocycles. The lowest BCUT2D eigenvalue weighted by Crippen LogP contribution is -2.36. The van der Waals surface area contributed by atoms with Crippen molar-refractivity contribution < 1.29 is 14.3 Å². The van der Waals surface area contributed by atoms with Crippen molar-refractivity contribution in [3.63, 3.8) is 0 Å². The minimum atomic E-state index is -0.655. The number of imidazole rings is 1. The van der Waals surface area contributed by atoms with Crippen LogP contribution in [-0.2, 0) is 26.4 Å². The summed E-state index contributed by atoms with van der Waals surface area (Å²) in [5, 5.41) is 0. The van der Waals surface area contributed by atoms with E-state index in [9.17, 15) is 4.79 Å². The third-order valence-electron chi connectivity index (χ3n) is 5.70. The first-order valence-corrected chi connectivity index (χ1v) is 11.1. The first kappa shape index (κ1) is 22.5. The normalized spacial score (nSPS) is 12.3. The van der Waals surface area contributed by atoms with Crippen LogP contribution in [-0.4, -0.2) is 28.2 Å². The summed E-state index contributed by atoms with van der Waals surface area (Å²) < 4.78 is 12.9. The fraction of sp³-hybridized carbons (Fsp3) is 0.214. The molecule has 0 aliphatic rings. The third kappa shape index (κ3) is 4.59. The molecular weight excluding hydrogens is 412 g/mol. The minimum absolute atomic E-state index is 0.210. The predicted molar refractivity (Wildman–Crippen MR) is 128 cm³/mol. The zero-order valence-corrected chi connectivity index (χ0v) is 18.9. The molecule has 1 heterocycles. The Hall–Kier alpha value is -3.70. The molecule has 0 amide bonds. The van der Waals surface area contributed by atoms with Crippen molar-refractivity contribution in [2.45, 2.75) is 32.1 Å². The Morgan fingerprint density at radius 3 is 1.82 bits per heavy atom. The van der Waals surface area contributed by atoms with Gasteiger partial charge in [0.05, 0.1) is 25.2 Å². The molecular formula is C28H28N2O3. The van der Waals surface area contributed by atoms with Crippen molar-refractivity contribution in [1.82, 2.24) is 9.55 Å². The Labute approximate surface area is 194 Å². The van der Waals surface area contributed by atoms with Crippen LogP contribution in [0.25, 0.3) is 0 Å². The fourth-order valence-corrected chi connectivity index (χ4v) is 4.14. The van der Waals surface area contributed by atoms with Crippen molar-refractivity contribution in [3.05, 3.63) is 126 Å². The average Bonchev–Trinajstić information content (AvgIpc) is 3.34. The number of esters is 1. The molecule has 0 spiro atoms. The summed E-state index contributed by atoms with van der Waals surface area (Å²) in [7, 11) is 0. The van der Waals surface area contributed by atoms with Crippen molar-refractivity contribution in [1.29, 1.82) is 0 Å². The SMILES string of the molecule is CCOC(=O)C(C)OCc1cn(C(c2ccccc2)(c2ccccc2)c2ccccc2)cn1. The molecule has 33 heavy (non-hydrogen) atoms. The quantitative estimate of drug-likeness (QED) is 0.265. The second-order valence-electron chi connectivity index (χ2n) is 7.79. The average molecular weight is 441 g/mol. The molecule has 4 aromatic rings. The third-order valence-corrected chi connectivity index (χ3v) is 5.70. The lowest BCUT2D eigenvalue weighted by atomic mass is 9.77. The van der Waals surface area contributed by atoms with Crippen molar-refractivity contribution in [3.8, 4) is 0 Å². The number of hydrogen-bond acceptors (Lipinski definition) is 4. The van der Waals surface area contributed by atoms with E-state index in [0.29, 0.717) is 6.61 Å². The molecule has 0 saturated heterocycles. The Bertz CT molecular complexity index is 1060. The van der Waals surface area contributed by atoms with Crippen molar-refractivity contribution in [2.75, 3.05) is 6.61 Å². The van der Waals surface area contributed by atoms with E-state index in [0.717, 1.165) is 22.4 Å². The lowest BCUT2D eigenvalue weighted by Gasteiger charge is -2.37. The molecule has 0 N–H and O–H groups in total. The Morgan fingerprint density at radius 2 is 1.36 bits per heavy atom. The van der Waals surface area contributed by atoms with Crippen LogP contribution < -0.4 is 0 Å². The smallest absolute Gasteiger partial charge is 0.334 e. The van der Waals surface area contributed by atoms with E-state index in [4.69, 9.17) is 9.47 Å². The number of carbonyl (C=O) groups excluding carboxylic acids is 1. The molecule has 0 aliphatic heterocycles. The molecule has 168 valence electrons. The summed E-state index contributed by atoms with van der Waals surface area (Å²) in [4.78, 5) is 16.5. The van der Waals surface area contributed by atoms with Gasteiger partial charge in [0.2, 0.25) is 0 Å². The van der Waals surface area contributed by atoms with E-state index in [1.807, 2.05) is 30.7 Å². The number of hydrogen-bond donors (Lipinski definition) is 0. The van der Waals surface area contributed by atoms with Gasteiger partial charge in [-0.2, -0.15) is 0 Å². The van der Waals surface area contributed by atoms with Crippen molar-refractivity contribution >= 4 is 5.97 Å². The molecule has 0 radical (unpaired) electrons. The number of carbonyl (C=O) groups is 1. The van der Waals surface area contributed by atoms with Gasteiger partial charge in [0.15, 0.2) is 6.10 Å². The van der Waals surface area contributed by atoms with Crippen LogP contribution in [0.15, 0.2) is 104 Å². The lowest BCUT2D eigenvalue weighted by molar-refractivity contribution is -0.156. The van der Waals surface area contributed by atoms with E-state index in [-0.39, 0.29) is 12.6 Å². The maximum atomic E-state index is 11.9. The van der Waals surface area contributed by atoms with Gasteiger partial charge in [-0.1, -0.05) is 91.0 Å². The van der Waals surface area contributed by atoms with Crippen LogP contribution in [0.1, 0.15) is 36.2 Å². The second kappa shape index (κ2) is 10.3. The zero-order chi connectivity index (χ0) is 23.1. The van der Waals surface area contributed by atoms with Crippen LogP contribution in [0.3, 0.4) is 0 Å². The summed E-state index contributed by atoms with van der Waals surface area (Å²) in [6.07, 6.45) is 3.17. The molecule has 4 rings (SSSR count). The maximum absolute atomic E-state index is 11.9. The summed E-state index contributed by atoms with van der Waals surface area (Å²) in [5.74, 6) is -0.371. The second-order valence-corrected chi connectivity index (χ2v) is 7.79. The molecule has 0 aliphatic carbocycles. The first-order chi connectivity index (χ1) is 16.2. The van der Waals surface area contributed by atoms with Gasteiger partial charge >= 0.3 is 5.97 Å². The zero-order valence-electron chi connectivity index (χ0n) is 18.9. The number of rotatable bonds is 9. The minimum Gasteiger partial charge on any atom is -0.464 e. The predicted octanol–water partition coefficient (Wildman–Crippen LogP) is 5.19. The standard InChI is InChI=1S/C28H28N2O3/c1-3-32-27(31)22(2)33-20-26-19-30(21-29-26)28(23-13-7-4-8-14-23,24-15-9-5-10-16-24)25-17-11-6-12-18-25/h4-19,21-22H,3,20H2,1-2H3. The Morgan fingerprint density at radius 1 is 0.879 bits per heavy atom. The maximum Gasteiger partial charge on any atom is 0.334 e. The molecule has 0 saturated carbocycles. The van der Waals surface area contributed by atoms with Crippen LogP contribution in [0, 0.1) is 0 Å². The Balaban J connectivity index is 1.79. The largest absolute Gasteiger partial charge is 0.464 e. The number of nitrogens with zero attached hydrogens (tertiary/aromatic N) is 2. The van der Waals surface area contributed by atoms with Crippen LogP contribution >= 0.6 is 0 Å². The Kier molecular flexibility index (Phi) is 7.01. The van der Waals surface area contributed by atoms with Crippen LogP contribution in [0.5, 0.6) is 0 Å². The molecule has 1 atom stereocenters. The van der Waals surface area contributed by atoms with Crippen LogP contribution in [0.4, 0.5) is 0 Å². The van der Waals surface area contributed by atoms with Gasteiger partial charge in [0.25, 0.3) is 0 Å². The summed E-state index contributed by atoms with van der Waals surface area (Å²) in [6.45, 7) is 4.01. The topological polar surface area (TPSA) is 53.4 Å². The number of ether oxygens (including phenoxy) is 2. The van der Waals surface area contributed by atoms with Gasteiger partial charge in [-0.15, -0.1) is 0 Å².